The van der Waals surface area contributed by atoms with Crippen LogP contribution >= 0.6 is 22.6 Å². The van der Waals surface area contributed by atoms with E-state index in [1.807, 2.05) is 43.3 Å². The van der Waals surface area contributed by atoms with Crippen molar-refractivity contribution in [3.8, 4) is 17.2 Å². The number of aromatic hydroxyl groups is 1. The molecule has 0 saturated carbocycles. The highest BCUT2D eigenvalue weighted by molar-refractivity contribution is 14.1. The minimum atomic E-state index is 0.216. The first-order chi connectivity index (χ1) is 8.65. The predicted octanol–water partition coefficient (Wildman–Crippen LogP) is 4.11. The lowest BCUT2D eigenvalue weighted by Crippen LogP contribution is -1.85. The number of halogens is 1. The second kappa shape index (κ2) is 4.28. The van der Waals surface area contributed by atoms with Crippen molar-refractivity contribution in [1.82, 2.24) is 4.98 Å². The molecule has 0 aliphatic heterocycles. The van der Waals surface area contributed by atoms with E-state index in [1.54, 1.807) is 0 Å². The molecule has 18 heavy (non-hydrogen) atoms. The molecule has 0 unspecified atom stereocenters. The summed E-state index contributed by atoms with van der Waals surface area (Å²) in [5, 5.41) is 10.1. The van der Waals surface area contributed by atoms with Crippen molar-refractivity contribution >= 4 is 33.7 Å². The summed E-state index contributed by atoms with van der Waals surface area (Å²) >= 11 is 2.10. The van der Waals surface area contributed by atoms with Crippen LogP contribution in [-0.2, 0) is 0 Å². The van der Waals surface area contributed by atoms with E-state index in [-0.39, 0.29) is 5.75 Å². The minimum absolute atomic E-state index is 0.216. The maximum atomic E-state index is 10.1. The predicted molar refractivity (Wildman–Crippen MR) is 78.6 cm³/mol. The fourth-order valence-corrected chi connectivity index (χ4v) is 2.67. The second-order valence-electron chi connectivity index (χ2n) is 4.13. The number of para-hydroxylation sites is 2. The molecule has 0 aliphatic rings. The van der Waals surface area contributed by atoms with Crippen molar-refractivity contribution in [2.45, 2.75) is 6.92 Å². The number of phenolic OH excluding ortho intramolecular Hbond substituents is 1. The van der Waals surface area contributed by atoms with Crippen molar-refractivity contribution in [2.75, 3.05) is 0 Å². The Kier molecular flexibility index (Phi) is 2.74. The SMILES string of the molecule is Cc1cc(I)c(O)c(-c2nc3ccccc3o2)c1. The molecule has 2 aromatic carbocycles. The van der Waals surface area contributed by atoms with E-state index < -0.39 is 0 Å². The van der Waals surface area contributed by atoms with Gasteiger partial charge in [0, 0.05) is 0 Å². The number of aryl methyl sites for hydroxylation is 1. The monoisotopic (exact) mass is 351 g/mol. The number of oxazole rings is 1. The molecule has 3 aromatic rings. The van der Waals surface area contributed by atoms with Gasteiger partial charge >= 0.3 is 0 Å². The van der Waals surface area contributed by atoms with Crippen LogP contribution in [0.3, 0.4) is 0 Å². The molecule has 1 aromatic heterocycles. The lowest BCUT2D eigenvalue weighted by atomic mass is 10.1. The summed E-state index contributed by atoms with van der Waals surface area (Å²) in [7, 11) is 0. The van der Waals surface area contributed by atoms with Gasteiger partial charge in [-0.05, 0) is 59.3 Å². The van der Waals surface area contributed by atoms with Gasteiger partial charge in [0.15, 0.2) is 5.58 Å². The van der Waals surface area contributed by atoms with Crippen LogP contribution in [0.1, 0.15) is 5.56 Å². The fourth-order valence-electron chi connectivity index (χ4n) is 1.89. The smallest absolute Gasteiger partial charge is 0.231 e. The largest absolute Gasteiger partial charge is 0.506 e. The molecule has 0 fully saturated rings. The van der Waals surface area contributed by atoms with Crippen molar-refractivity contribution in [3.05, 3.63) is 45.5 Å². The minimum Gasteiger partial charge on any atom is -0.506 e. The van der Waals surface area contributed by atoms with Crippen LogP contribution in [0.25, 0.3) is 22.6 Å². The Morgan fingerprint density at radius 1 is 1.22 bits per heavy atom. The topological polar surface area (TPSA) is 46.3 Å². The molecule has 0 saturated heterocycles. The average molecular weight is 351 g/mol. The van der Waals surface area contributed by atoms with E-state index in [4.69, 9.17) is 4.42 Å². The standard InChI is InChI=1S/C14H10INO2/c1-8-6-9(13(17)10(15)7-8)14-16-11-4-2-3-5-12(11)18-14/h2-7,17H,1H3. The van der Waals surface area contributed by atoms with Gasteiger partial charge in [-0.25, -0.2) is 4.98 Å². The Labute approximate surface area is 118 Å². The number of hydrogen-bond acceptors (Lipinski definition) is 3. The number of benzene rings is 2. The Hall–Kier alpha value is -1.56. The third-order valence-electron chi connectivity index (χ3n) is 2.73. The van der Waals surface area contributed by atoms with Gasteiger partial charge in [0.25, 0.3) is 0 Å². The zero-order valence-electron chi connectivity index (χ0n) is 9.64. The number of aromatic nitrogens is 1. The van der Waals surface area contributed by atoms with Crippen LogP contribution in [0.5, 0.6) is 5.75 Å². The molecule has 0 bridgehead atoms. The maximum Gasteiger partial charge on any atom is 0.231 e. The highest BCUT2D eigenvalue weighted by Crippen LogP contribution is 2.35. The number of fused-ring (bicyclic) bond motifs is 1. The quantitative estimate of drug-likeness (QED) is 0.671. The summed E-state index contributed by atoms with van der Waals surface area (Å²) in [6.45, 7) is 1.98. The first kappa shape index (κ1) is 11.5. The lowest BCUT2D eigenvalue weighted by molar-refractivity contribution is 0.470. The van der Waals surface area contributed by atoms with Gasteiger partial charge in [0.2, 0.25) is 5.89 Å². The summed E-state index contributed by atoms with van der Waals surface area (Å²) < 4.78 is 6.47. The molecule has 90 valence electrons. The van der Waals surface area contributed by atoms with E-state index >= 15 is 0 Å². The van der Waals surface area contributed by atoms with Crippen LogP contribution in [0, 0.1) is 10.5 Å². The van der Waals surface area contributed by atoms with Crippen LogP contribution in [0.4, 0.5) is 0 Å². The van der Waals surface area contributed by atoms with Gasteiger partial charge in [-0.3, -0.25) is 0 Å². The molecule has 0 radical (unpaired) electrons. The summed E-state index contributed by atoms with van der Waals surface area (Å²) in [5.41, 5.74) is 3.22. The summed E-state index contributed by atoms with van der Waals surface area (Å²) in [6.07, 6.45) is 0. The third-order valence-corrected chi connectivity index (χ3v) is 3.55. The third kappa shape index (κ3) is 1.86. The van der Waals surface area contributed by atoms with Crippen molar-refractivity contribution < 1.29 is 9.52 Å². The van der Waals surface area contributed by atoms with Crippen LogP contribution < -0.4 is 0 Å². The van der Waals surface area contributed by atoms with Crippen LogP contribution in [0.2, 0.25) is 0 Å². The van der Waals surface area contributed by atoms with Gasteiger partial charge in [-0.1, -0.05) is 12.1 Å². The van der Waals surface area contributed by atoms with E-state index in [2.05, 4.69) is 27.6 Å². The zero-order chi connectivity index (χ0) is 12.7. The molecule has 4 heteroatoms. The zero-order valence-corrected chi connectivity index (χ0v) is 11.8. The number of hydrogen-bond donors (Lipinski definition) is 1. The van der Waals surface area contributed by atoms with Gasteiger partial charge < -0.3 is 9.52 Å². The number of rotatable bonds is 1. The maximum absolute atomic E-state index is 10.1. The van der Waals surface area contributed by atoms with E-state index in [1.165, 1.54) is 0 Å². The van der Waals surface area contributed by atoms with Crippen molar-refractivity contribution in [2.24, 2.45) is 0 Å². The van der Waals surface area contributed by atoms with E-state index in [9.17, 15) is 5.11 Å². The molecule has 1 heterocycles. The number of nitrogens with zero attached hydrogens (tertiary/aromatic N) is 1. The summed E-state index contributed by atoms with van der Waals surface area (Å²) in [4.78, 5) is 4.40. The van der Waals surface area contributed by atoms with Gasteiger partial charge in [-0.2, -0.15) is 0 Å². The first-order valence-electron chi connectivity index (χ1n) is 5.50. The Morgan fingerprint density at radius 3 is 2.78 bits per heavy atom. The normalized spacial score (nSPS) is 11.0. The molecule has 1 N–H and O–H groups in total. The highest BCUT2D eigenvalue weighted by atomic mass is 127. The molecule has 0 aliphatic carbocycles. The Balaban J connectivity index is 2.26. The number of phenols is 1. The molecule has 0 amide bonds. The molecule has 3 rings (SSSR count). The molecule has 0 spiro atoms. The summed E-state index contributed by atoms with van der Waals surface area (Å²) in [6, 6.07) is 11.4. The first-order valence-corrected chi connectivity index (χ1v) is 6.58. The Bertz CT molecular complexity index is 701. The second-order valence-corrected chi connectivity index (χ2v) is 5.29. The van der Waals surface area contributed by atoms with Gasteiger partial charge in [-0.15, -0.1) is 0 Å². The molecular formula is C14H10INO2. The van der Waals surface area contributed by atoms with Crippen molar-refractivity contribution in [1.29, 1.82) is 0 Å². The Morgan fingerprint density at radius 2 is 2.00 bits per heavy atom. The lowest BCUT2D eigenvalue weighted by Gasteiger charge is -2.04. The van der Waals surface area contributed by atoms with Gasteiger partial charge in [0.1, 0.15) is 11.3 Å². The summed E-state index contributed by atoms with van der Waals surface area (Å²) in [5.74, 6) is 0.670. The molecule has 3 nitrogen and oxygen atoms in total. The van der Waals surface area contributed by atoms with E-state index in [0.29, 0.717) is 11.5 Å². The van der Waals surface area contributed by atoms with Crippen LogP contribution in [0.15, 0.2) is 40.8 Å². The molecular weight excluding hydrogens is 341 g/mol. The van der Waals surface area contributed by atoms with E-state index in [0.717, 1.165) is 20.2 Å². The van der Waals surface area contributed by atoms with Gasteiger partial charge in [0.05, 0.1) is 9.13 Å². The fraction of sp³-hybridized carbons (Fsp3) is 0.0714. The van der Waals surface area contributed by atoms with Crippen LogP contribution in [-0.4, -0.2) is 10.1 Å². The highest BCUT2D eigenvalue weighted by Gasteiger charge is 2.14. The molecule has 0 atom stereocenters. The average Bonchev–Trinajstić information content (AvgIpc) is 2.77. The van der Waals surface area contributed by atoms with Crippen molar-refractivity contribution in [3.63, 3.8) is 0 Å².